The molecule has 1 aromatic carbocycles. The van der Waals surface area contributed by atoms with E-state index < -0.39 is 5.92 Å². The van der Waals surface area contributed by atoms with Crippen LogP contribution in [0, 0.1) is 11.7 Å². The van der Waals surface area contributed by atoms with E-state index in [9.17, 15) is 9.18 Å². The van der Waals surface area contributed by atoms with Crippen molar-refractivity contribution >= 4 is 42.6 Å². The maximum atomic E-state index is 13.6. The summed E-state index contributed by atoms with van der Waals surface area (Å²) in [5.41, 5.74) is 1.57. The molecule has 2 aliphatic rings. The van der Waals surface area contributed by atoms with E-state index in [1.54, 1.807) is 36.4 Å². The van der Waals surface area contributed by atoms with E-state index in [1.807, 2.05) is 0 Å². The number of carbonyl (C=O) groups excluding carboxylic acids is 1. The van der Waals surface area contributed by atoms with E-state index in [-0.39, 0.29) is 30.6 Å². The maximum Gasteiger partial charge on any atom is 0.163 e. The molecule has 0 saturated carbocycles. The molecule has 0 aromatic heterocycles. The van der Waals surface area contributed by atoms with Crippen LogP contribution in [-0.4, -0.2) is 17.8 Å². The van der Waals surface area contributed by atoms with Crippen molar-refractivity contribution in [3.63, 3.8) is 0 Å². The Balaban J connectivity index is 0.000001000. The Morgan fingerprint density at radius 3 is 2.60 bits per heavy atom. The average Bonchev–Trinajstić information content (AvgIpc) is 2.82. The maximum absolute atomic E-state index is 13.6. The molecule has 0 amide bonds. The van der Waals surface area contributed by atoms with E-state index in [2.05, 4.69) is 9.98 Å². The van der Waals surface area contributed by atoms with Crippen molar-refractivity contribution in [1.82, 2.24) is 0 Å². The molecule has 3 nitrogen and oxygen atoms in total. The number of allylic oxidation sites excluding steroid dienone is 4. The van der Waals surface area contributed by atoms with Crippen LogP contribution in [0.2, 0.25) is 0 Å². The second-order valence-corrected chi connectivity index (χ2v) is 4.01. The molecule has 0 radical (unpaired) electrons. The molecule has 20 heavy (non-hydrogen) atoms. The number of hydrogen-bond donors (Lipinski definition) is 0. The van der Waals surface area contributed by atoms with E-state index in [0.29, 0.717) is 22.8 Å². The minimum Gasteiger partial charge on any atom is -0.302 e. The molecule has 0 saturated heterocycles. The molecule has 1 aliphatic heterocycles. The van der Waals surface area contributed by atoms with Crippen LogP contribution in [0.25, 0.3) is 0 Å². The van der Waals surface area contributed by atoms with E-state index in [4.69, 9.17) is 0 Å². The zero-order valence-corrected chi connectivity index (χ0v) is 11.8. The molecule has 0 spiro atoms. The highest BCUT2D eigenvalue weighted by Crippen LogP contribution is 2.24. The first-order valence-corrected chi connectivity index (χ1v) is 5.56. The fourth-order valence-corrected chi connectivity index (χ4v) is 1.97. The lowest BCUT2D eigenvalue weighted by Crippen LogP contribution is -2.15. The number of aliphatic imine (C=N–C) groups is 2. The highest BCUT2D eigenvalue weighted by molar-refractivity contribution is 6.22. The summed E-state index contributed by atoms with van der Waals surface area (Å²) in [4.78, 5) is 19.5. The Morgan fingerprint density at radius 2 is 1.90 bits per heavy atom. The second kappa shape index (κ2) is 6.59. The van der Waals surface area contributed by atoms with Crippen LogP contribution >= 0.6 is 24.8 Å². The smallest absolute Gasteiger partial charge is 0.163 e. The molecule has 6 heteroatoms. The Labute approximate surface area is 127 Å². The number of fused-ring (bicyclic) bond motifs is 1. The minimum atomic E-state index is -0.391. The third-order valence-corrected chi connectivity index (χ3v) is 2.86. The van der Waals surface area contributed by atoms with Crippen LogP contribution in [-0.2, 0) is 4.79 Å². The monoisotopic (exact) mass is 312 g/mol. The summed E-state index contributed by atoms with van der Waals surface area (Å²) < 4.78 is 13.6. The van der Waals surface area contributed by atoms with Gasteiger partial charge in [0.25, 0.3) is 0 Å². The Bertz CT molecular complexity index is 650. The highest BCUT2D eigenvalue weighted by atomic mass is 35.5. The van der Waals surface area contributed by atoms with Crippen LogP contribution in [0.1, 0.15) is 5.56 Å². The molecule has 0 bridgehead atoms. The van der Waals surface area contributed by atoms with Gasteiger partial charge in [-0.3, -0.25) is 0 Å². The summed E-state index contributed by atoms with van der Waals surface area (Å²) >= 11 is 0. The number of hydrogen-bond acceptors (Lipinski definition) is 3. The molecule has 1 aliphatic carbocycles. The van der Waals surface area contributed by atoms with Crippen molar-refractivity contribution in [2.24, 2.45) is 15.9 Å². The van der Waals surface area contributed by atoms with E-state index >= 15 is 0 Å². The summed E-state index contributed by atoms with van der Waals surface area (Å²) in [6, 6.07) is 6.33. The van der Waals surface area contributed by atoms with Gasteiger partial charge in [-0.2, -0.15) is 0 Å². The summed E-state index contributed by atoms with van der Waals surface area (Å²) in [7, 11) is 0. The molecule has 0 N–H and O–H groups in total. The number of benzene rings is 1. The third-order valence-electron chi connectivity index (χ3n) is 2.86. The molecule has 1 atom stereocenters. The van der Waals surface area contributed by atoms with Gasteiger partial charge in [0, 0.05) is 0 Å². The average molecular weight is 313 g/mol. The van der Waals surface area contributed by atoms with Gasteiger partial charge in [0.1, 0.15) is 12.1 Å². The zero-order valence-electron chi connectivity index (χ0n) is 10.2. The van der Waals surface area contributed by atoms with Crippen LogP contribution in [0.5, 0.6) is 0 Å². The number of aldehydes is 1. The molecule has 1 aromatic rings. The van der Waals surface area contributed by atoms with E-state index in [1.165, 1.54) is 6.07 Å². The van der Waals surface area contributed by atoms with Gasteiger partial charge in [-0.05, 0) is 18.2 Å². The molecule has 1 heterocycles. The van der Waals surface area contributed by atoms with Crippen molar-refractivity contribution in [2.75, 3.05) is 0 Å². The largest absolute Gasteiger partial charge is 0.302 e. The fraction of sp³-hybridized carbons (Fsp3) is 0.0714. The van der Waals surface area contributed by atoms with Crippen molar-refractivity contribution in [3.05, 3.63) is 59.6 Å². The Hall–Kier alpha value is -1.78. The lowest BCUT2D eigenvalue weighted by Gasteiger charge is -2.08. The molecular formula is C14H11Cl2FN2O. The summed E-state index contributed by atoms with van der Waals surface area (Å²) in [5.74, 6) is -0.432. The van der Waals surface area contributed by atoms with Gasteiger partial charge < -0.3 is 4.79 Å². The van der Waals surface area contributed by atoms with Crippen molar-refractivity contribution in [2.45, 2.75) is 0 Å². The molecule has 104 valence electrons. The van der Waals surface area contributed by atoms with Crippen molar-refractivity contribution < 1.29 is 9.18 Å². The second-order valence-electron chi connectivity index (χ2n) is 4.01. The lowest BCUT2D eigenvalue weighted by atomic mass is 9.98. The summed E-state index contributed by atoms with van der Waals surface area (Å²) in [5, 5.41) is 0. The Kier molecular flexibility index (Phi) is 5.36. The molecule has 3 rings (SSSR count). The topological polar surface area (TPSA) is 41.8 Å². The van der Waals surface area contributed by atoms with Gasteiger partial charge in [-0.1, -0.05) is 24.3 Å². The van der Waals surface area contributed by atoms with Gasteiger partial charge in [0.15, 0.2) is 5.84 Å². The molecular weight excluding hydrogens is 302 g/mol. The van der Waals surface area contributed by atoms with Gasteiger partial charge in [-0.25, -0.2) is 14.4 Å². The van der Waals surface area contributed by atoms with Gasteiger partial charge in [-0.15, -0.1) is 24.8 Å². The predicted octanol–water partition coefficient (Wildman–Crippen LogP) is 3.14. The molecule has 1 unspecified atom stereocenters. The normalized spacial score (nSPS) is 18.9. The first-order chi connectivity index (χ1) is 8.79. The zero-order chi connectivity index (χ0) is 12.5. The summed E-state index contributed by atoms with van der Waals surface area (Å²) in [6.07, 6.45) is 6.09. The van der Waals surface area contributed by atoms with Gasteiger partial charge in [0.05, 0.1) is 22.9 Å². The van der Waals surface area contributed by atoms with Crippen molar-refractivity contribution in [3.8, 4) is 0 Å². The number of carbonyl (C=O) groups is 1. The minimum absolute atomic E-state index is 0. The number of halogens is 3. The highest BCUT2D eigenvalue weighted by Gasteiger charge is 2.26. The van der Waals surface area contributed by atoms with Crippen LogP contribution in [0.3, 0.4) is 0 Å². The van der Waals surface area contributed by atoms with Gasteiger partial charge in [0.2, 0.25) is 0 Å². The predicted molar refractivity (Wildman–Crippen MR) is 81.6 cm³/mol. The van der Waals surface area contributed by atoms with Crippen LogP contribution < -0.4 is 0 Å². The number of rotatable bonds is 2. The van der Waals surface area contributed by atoms with E-state index in [0.717, 1.165) is 6.29 Å². The first kappa shape index (κ1) is 16.3. The first-order valence-electron chi connectivity index (χ1n) is 5.56. The third kappa shape index (κ3) is 2.71. The SMILES string of the molecule is Cl.Cl.O=CC1C=CC=C2N=C(c3ccccc3F)N=C21. The Morgan fingerprint density at radius 1 is 1.15 bits per heavy atom. The standard InChI is InChI=1S/C14H9FN2O.2ClH/c15-11-6-2-1-5-10(11)14-16-12-7-3-4-9(8-18)13(12)17-14;;/h1-9H;2*1H. The number of nitrogens with zero attached hydrogens (tertiary/aromatic N) is 2. The summed E-state index contributed by atoms with van der Waals surface area (Å²) in [6.45, 7) is 0. The fourth-order valence-electron chi connectivity index (χ4n) is 1.97. The number of amidine groups is 1. The van der Waals surface area contributed by atoms with Crippen LogP contribution in [0.15, 0.2) is 58.2 Å². The van der Waals surface area contributed by atoms with Crippen molar-refractivity contribution in [1.29, 1.82) is 0 Å². The quantitative estimate of drug-likeness (QED) is 0.773. The van der Waals surface area contributed by atoms with Gasteiger partial charge >= 0.3 is 0 Å². The van der Waals surface area contributed by atoms with Crippen LogP contribution in [0.4, 0.5) is 4.39 Å². The molecule has 0 fully saturated rings. The lowest BCUT2D eigenvalue weighted by molar-refractivity contribution is -0.108.